The normalized spacial score (nSPS) is 10.9. The Hall–Kier alpha value is -4.89. The first kappa shape index (κ1) is 23.3. The van der Waals surface area contributed by atoms with E-state index in [4.69, 9.17) is 9.47 Å². The van der Waals surface area contributed by atoms with Gasteiger partial charge in [-0.1, -0.05) is 48.5 Å². The van der Waals surface area contributed by atoms with E-state index in [9.17, 15) is 14.9 Å². The molecule has 0 aliphatic rings. The van der Waals surface area contributed by atoms with E-state index < -0.39 is 11.9 Å². The third-order valence-corrected chi connectivity index (χ3v) is 5.44. The van der Waals surface area contributed by atoms with Crippen molar-refractivity contribution in [2.24, 2.45) is 0 Å². The summed E-state index contributed by atoms with van der Waals surface area (Å²) in [7, 11) is 1.57. The van der Waals surface area contributed by atoms with Crippen molar-refractivity contribution in [3.8, 4) is 17.6 Å². The zero-order valence-electron chi connectivity index (χ0n) is 19.2. The zero-order chi connectivity index (χ0) is 24.8. The Labute approximate surface area is 203 Å². The average molecular weight is 463 g/mol. The van der Waals surface area contributed by atoms with Gasteiger partial charge in [-0.05, 0) is 71.3 Å². The van der Waals surface area contributed by atoms with Crippen molar-refractivity contribution in [2.45, 2.75) is 6.92 Å². The predicted octanol–water partition coefficient (Wildman–Crippen LogP) is 5.92. The highest BCUT2D eigenvalue weighted by Crippen LogP contribution is 2.24. The van der Waals surface area contributed by atoms with Gasteiger partial charge in [0.25, 0.3) is 5.91 Å². The number of nitriles is 1. The van der Waals surface area contributed by atoms with Crippen LogP contribution in [-0.4, -0.2) is 19.0 Å². The summed E-state index contributed by atoms with van der Waals surface area (Å²) in [5.74, 6) is -0.0538. The molecule has 0 unspecified atom stereocenters. The van der Waals surface area contributed by atoms with E-state index in [2.05, 4.69) is 5.32 Å². The number of fused-ring (bicyclic) bond motifs is 1. The fourth-order valence-corrected chi connectivity index (χ4v) is 3.64. The predicted molar refractivity (Wildman–Crippen MR) is 135 cm³/mol. The third-order valence-electron chi connectivity index (χ3n) is 5.44. The van der Waals surface area contributed by atoms with Gasteiger partial charge in [-0.3, -0.25) is 4.79 Å². The summed E-state index contributed by atoms with van der Waals surface area (Å²) in [5, 5.41) is 14.1. The second-order valence-corrected chi connectivity index (χ2v) is 7.79. The molecule has 0 heterocycles. The number of aryl methyl sites for hydroxylation is 1. The molecule has 1 amide bonds. The first-order chi connectivity index (χ1) is 17.0. The highest BCUT2D eigenvalue weighted by atomic mass is 16.5. The maximum absolute atomic E-state index is 12.8. The minimum atomic E-state index is -0.543. The molecule has 0 aliphatic heterocycles. The lowest BCUT2D eigenvalue weighted by atomic mass is 10.0. The van der Waals surface area contributed by atoms with Crippen LogP contribution < -0.4 is 14.8 Å². The summed E-state index contributed by atoms with van der Waals surface area (Å²) in [6.45, 7) is 1.83. The smallest absolute Gasteiger partial charge is 0.344 e. The van der Waals surface area contributed by atoms with Gasteiger partial charge in [0.1, 0.15) is 23.1 Å². The molecule has 0 radical (unpaired) electrons. The van der Waals surface area contributed by atoms with E-state index in [1.807, 2.05) is 43.3 Å². The van der Waals surface area contributed by atoms with Gasteiger partial charge in [0.2, 0.25) is 0 Å². The summed E-state index contributed by atoms with van der Waals surface area (Å²) in [6.07, 6.45) is 1.45. The molecule has 0 aromatic heterocycles. The lowest BCUT2D eigenvalue weighted by Crippen LogP contribution is -2.14. The Morgan fingerprint density at radius 2 is 1.69 bits per heavy atom. The molecule has 0 saturated carbocycles. The largest absolute Gasteiger partial charge is 0.497 e. The third kappa shape index (κ3) is 5.37. The summed E-state index contributed by atoms with van der Waals surface area (Å²) >= 11 is 0. The van der Waals surface area contributed by atoms with Crippen LogP contribution in [0.15, 0.2) is 90.5 Å². The Morgan fingerprint density at radius 3 is 2.46 bits per heavy atom. The van der Waals surface area contributed by atoms with Crippen molar-refractivity contribution in [3.63, 3.8) is 0 Å². The number of carbonyl (C=O) groups is 2. The molecule has 6 nitrogen and oxygen atoms in total. The van der Waals surface area contributed by atoms with Crippen LogP contribution in [0.1, 0.15) is 21.5 Å². The summed E-state index contributed by atoms with van der Waals surface area (Å²) < 4.78 is 10.8. The van der Waals surface area contributed by atoms with Crippen LogP contribution in [0.4, 0.5) is 5.69 Å². The van der Waals surface area contributed by atoms with Crippen LogP contribution >= 0.6 is 0 Å². The fraction of sp³-hybridized carbons (Fsp3) is 0.0690. The molecule has 0 fully saturated rings. The Balaban J connectivity index is 1.53. The highest BCUT2D eigenvalue weighted by Gasteiger charge is 2.14. The Kier molecular flexibility index (Phi) is 6.89. The molecular formula is C29H22N2O4. The van der Waals surface area contributed by atoms with Crippen molar-refractivity contribution >= 4 is 34.4 Å². The molecular weight excluding hydrogens is 440 g/mol. The number of amides is 1. The number of hydrogen-bond donors (Lipinski definition) is 1. The van der Waals surface area contributed by atoms with E-state index in [0.717, 1.165) is 16.3 Å². The van der Waals surface area contributed by atoms with Crippen LogP contribution in [0.5, 0.6) is 11.5 Å². The molecule has 0 aliphatic carbocycles. The molecule has 1 N–H and O–H groups in total. The number of ether oxygens (including phenoxy) is 2. The van der Waals surface area contributed by atoms with Crippen molar-refractivity contribution in [2.75, 3.05) is 12.4 Å². The molecule has 0 atom stereocenters. The van der Waals surface area contributed by atoms with Gasteiger partial charge in [0.05, 0.1) is 12.7 Å². The maximum Gasteiger partial charge on any atom is 0.344 e. The van der Waals surface area contributed by atoms with Crippen LogP contribution in [-0.2, 0) is 4.79 Å². The zero-order valence-corrected chi connectivity index (χ0v) is 19.2. The lowest BCUT2D eigenvalue weighted by Gasteiger charge is -2.10. The molecule has 0 spiro atoms. The fourth-order valence-electron chi connectivity index (χ4n) is 3.64. The average Bonchev–Trinajstić information content (AvgIpc) is 2.88. The van der Waals surface area contributed by atoms with Crippen molar-refractivity contribution in [1.82, 2.24) is 0 Å². The van der Waals surface area contributed by atoms with Crippen molar-refractivity contribution in [3.05, 3.63) is 107 Å². The van der Waals surface area contributed by atoms with E-state index >= 15 is 0 Å². The number of anilines is 1. The lowest BCUT2D eigenvalue weighted by molar-refractivity contribution is -0.112. The van der Waals surface area contributed by atoms with Gasteiger partial charge in [-0.25, -0.2) is 4.79 Å². The summed E-state index contributed by atoms with van der Waals surface area (Å²) in [6, 6.07) is 26.9. The molecule has 0 bridgehead atoms. The monoisotopic (exact) mass is 462 g/mol. The number of esters is 1. The Morgan fingerprint density at radius 1 is 0.914 bits per heavy atom. The highest BCUT2D eigenvalue weighted by molar-refractivity contribution is 6.10. The number of benzene rings is 4. The topological polar surface area (TPSA) is 88.4 Å². The van der Waals surface area contributed by atoms with Gasteiger partial charge < -0.3 is 14.8 Å². The van der Waals surface area contributed by atoms with E-state index in [1.54, 1.807) is 61.7 Å². The SMILES string of the molecule is COc1ccc(NC(=O)C(C#N)=Cc2cccc(OC(=O)c3cccc4ccccc34)c2)c(C)c1. The second kappa shape index (κ2) is 10.4. The number of hydrogen-bond acceptors (Lipinski definition) is 5. The number of carbonyl (C=O) groups excluding carboxylic acids is 2. The van der Waals surface area contributed by atoms with Gasteiger partial charge >= 0.3 is 5.97 Å². The minimum absolute atomic E-state index is 0.0854. The molecule has 4 rings (SSSR count). The molecule has 35 heavy (non-hydrogen) atoms. The minimum Gasteiger partial charge on any atom is -0.497 e. The summed E-state index contributed by atoms with van der Waals surface area (Å²) in [4.78, 5) is 25.6. The molecule has 6 heteroatoms. The molecule has 4 aromatic carbocycles. The number of nitrogens with one attached hydrogen (secondary N) is 1. The van der Waals surface area contributed by atoms with Crippen LogP contribution in [0.25, 0.3) is 16.8 Å². The standard InChI is InChI=1S/C29H22N2O4/c1-19-15-23(34-2)13-14-27(19)31-28(32)22(18-30)16-20-7-5-10-24(17-20)35-29(33)26-12-6-9-21-8-3-4-11-25(21)26/h3-17H,1-2H3,(H,31,32). The molecule has 172 valence electrons. The first-order valence-electron chi connectivity index (χ1n) is 10.9. The second-order valence-electron chi connectivity index (χ2n) is 7.79. The summed E-state index contributed by atoms with van der Waals surface area (Å²) in [5.41, 5.74) is 2.30. The number of methoxy groups -OCH3 is 1. The van der Waals surface area contributed by atoms with Gasteiger partial charge in [-0.15, -0.1) is 0 Å². The van der Waals surface area contributed by atoms with Crippen molar-refractivity contribution < 1.29 is 19.1 Å². The van der Waals surface area contributed by atoms with Crippen LogP contribution in [0, 0.1) is 18.3 Å². The quantitative estimate of drug-likeness (QED) is 0.166. The van der Waals surface area contributed by atoms with Crippen molar-refractivity contribution in [1.29, 1.82) is 5.26 Å². The first-order valence-corrected chi connectivity index (χ1v) is 10.9. The van der Waals surface area contributed by atoms with E-state index in [1.165, 1.54) is 6.08 Å². The molecule has 4 aromatic rings. The maximum atomic E-state index is 12.8. The van der Waals surface area contributed by atoms with E-state index in [-0.39, 0.29) is 5.57 Å². The molecule has 0 saturated heterocycles. The van der Waals surface area contributed by atoms with Gasteiger partial charge in [0.15, 0.2) is 0 Å². The van der Waals surface area contributed by atoms with E-state index in [0.29, 0.717) is 28.3 Å². The van der Waals surface area contributed by atoms with Gasteiger partial charge in [-0.2, -0.15) is 5.26 Å². The van der Waals surface area contributed by atoms with Crippen LogP contribution in [0.3, 0.4) is 0 Å². The van der Waals surface area contributed by atoms with Gasteiger partial charge in [0, 0.05) is 5.69 Å². The number of rotatable bonds is 6. The van der Waals surface area contributed by atoms with Crippen LogP contribution in [0.2, 0.25) is 0 Å². The Bertz CT molecular complexity index is 1490. The number of nitrogens with zero attached hydrogens (tertiary/aromatic N) is 1.